The summed E-state index contributed by atoms with van der Waals surface area (Å²) in [5.74, 6) is 6.53. The third-order valence-corrected chi connectivity index (χ3v) is 3.19. The maximum absolute atomic E-state index is 11.8. The monoisotopic (exact) mass is 258 g/mol. The molecule has 1 aromatic rings. The van der Waals surface area contributed by atoms with Crippen molar-refractivity contribution < 1.29 is 13.9 Å². The zero-order chi connectivity index (χ0) is 13.8. The molecule has 1 heterocycles. The van der Waals surface area contributed by atoms with Crippen LogP contribution in [-0.4, -0.2) is 5.97 Å². The molecule has 1 aliphatic rings. The molecular formula is C16H18O3. The molecule has 0 aromatic carbocycles. The van der Waals surface area contributed by atoms with Gasteiger partial charge in [-0.3, -0.25) is 4.79 Å². The number of hydrogen-bond donors (Lipinski definition) is 0. The number of ether oxygens (including phenoxy) is 1. The van der Waals surface area contributed by atoms with Gasteiger partial charge in [0.15, 0.2) is 5.76 Å². The van der Waals surface area contributed by atoms with Crippen molar-refractivity contribution >= 4 is 5.97 Å². The fourth-order valence-corrected chi connectivity index (χ4v) is 2.14. The second-order valence-electron chi connectivity index (χ2n) is 5.02. The van der Waals surface area contributed by atoms with Crippen LogP contribution in [0.4, 0.5) is 0 Å². The van der Waals surface area contributed by atoms with E-state index in [9.17, 15) is 4.79 Å². The molecule has 3 nitrogen and oxygen atoms in total. The van der Waals surface area contributed by atoms with Gasteiger partial charge in [-0.05, 0) is 44.6 Å². The molecule has 2 unspecified atom stereocenters. The molecular weight excluding hydrogens is 240 g/mol. The van der Waals surface area contributed by atoms with Crippen molar-refractivity contribution in [2.75, 3.05) is 0 Å². The minimum atomic E-state index is -0.122. The molecule has 2 atom stereocenters. The van der Waals surface area contributed by atoms with Crippen LogP contribution in [0.25, 0.3) is 0 Å². The van der Waals surface area contributed by atoms with E-state index in [2.05, 4.69) is 18.4 Å². The van der Waals surface area contributed by atoms with E-state index in [4.69, 9.17) is 9.15 Å². The van der Waals surface area contributed by atoms with Crippen molar-refractivity contribution in [1.82, 2.24) is 0 Å². The van der Waals surface area contributed by atoms with Gasteiger partial charge in [0.1, 0.15) is 6.61 Å². The van der Waals surface area contributed by atoms with Crippen molar-refractivity contribution in [3.8, 4) is 11.8 Å². The summed E-state index contributed by atoms with van der Waals surface area (Å²) in [6.45, 7) is 7.83. The molecule has 0 bridgehead atoms. The molecule has 0 N–H and O–H groups in total. The summed E-state index contributed by atoms with van der Waals surface area (Å²) in [6, 6.07) is 1.78. The summed E-state index contributed by atoms with van der Waals surface area (Å²) in [6.07, 6.45) is 3.39. The molecule has 2 rings (SSSR count). The number of furan rings is 1. The second-order valence-corrected chi connectivity index (χ2v) is 5.02. The normalized spacial score (nSPS) is 20.3. The number of carbonyl (C=O) groups is 1. The van der Waals surface area contributed by atoms with E-state index in [-0.39, 0.29) is 18.5 Å². The molecule has 1 saturated carbocycles. The van der Waals surface area contributed by atoms with Gasteiger partial charge >= 0.3 is 5.97 Å². The first-order chi connectivity index (χ1) is 9.11. The molecule has 1 aromatic heterocycles. The highest BCUT2D eigenvalue weighted by Gasteiger charge is 2.43. The Morgan fingerprint density at radius 1 is 1.63 bits per heavy atom. The lowest BCUT2D eigenvalue weighted by molar-refractivity contribution is -0.146. The second kappa shape index (κ2) is 5.79. The lowest BCUT2D eigenvalue weighted by atomic mass is 10.1. The van der Waals surface area contributed by atoms with Crippen LogP contribution < -0.4 is 0 Å². The van der Waals surface area contributed by atoms with Gasteiger partial charge in [-0.1, -0.05) is 11.5 Å². The maximum Gasteiger partial charge on any atom is 0.309 e. The average Bonchev–Trinajstić information content (AvgIpc) is 2.96. The smallest absolute Gasteiger partial charge is 0.309 e. The lowest BCUT2D eigenvalue weighted by Crippen LogP contribution is -2.08. The van der Waals surface area contributed by atoms with E-state index < -0.39 is 0 Å². The third-order valence-electron chi connectivity index (χ3n) is 3.19. The highest BCUT2D eigenvalue weighted by atomic mass is 16.5. The van der Waals surface area contributed by atoms with Gasteiger partial charge in [-0.2, -0.15) is 0 Å². The van der Waals surface area contributed by atoms with Crippen LogP contribution in [0.1, 0.15) is 38.0 Å². The number of rotatable bonds is 5. The fourth-order valence-electron chi connectivity index (χ4n) is 2.14. The van der Waals surface area contributed by atoms with Crippen molar-refractivity contribution in [3.63, 3.8) is 0 Å². The SMILES string of the molecule is C=C(C)CC1CC1C(=O)OCc1ccoc1C#CC. The van der Waals surface area contributed by atoms with Gasteiger partial charge in [-0.15, -0.1) is 6.58 Å². The van der Waals surface area contributed by atoms with Crippen LogP contribution >= 0.6 is 0 Å². The van der Waals surface area contributed by atoms with Gasteiger partial charge in [0.2, 0.25) is 0 Å². The molecule has 0 aliphatic heterocycles. The van der Waals surface area contributed by atoms with Crippen molar-refractivity contribution in [2.45, 2.75) is 33.3 Å². The molecule has 1 aliphatic carbocycles. The quantitative estimate of drug-likeness (QED) is 0.462. The first kappa shape index (κ1) is 13.5. The number of hydrogen-bond acceptors (Lipinski definition) is 3. The molecule has 0 amide bonds. The van der Waals surface area contributed by atoms with Crippen LogP contribution in [0.2, 0.25) is 0 Å². The van der Waals surface area contributed by atoms with E-state index in [0.29, 0.717) is 11.7 Å². The van der Waals surface area contributed by atoms with E-state index >= 15 is 0 Å². The number of allylic oxidation sites excluding steroid dienone is 1. The lowest BCUT2D eigenvalue weighted by Gasteiger charge is -2.03. The Balaban J connectivity index is 1.82. The first-order valence-electron chi connectivity index (χ1n) is 6.42. The molecule has 3 heteroatoms. The Morgan fingerprint density at radius 2 is 2.42 bits per heavy atom. The Morgan fingerprint density at radius 3 is 3.11 bits per heavy atom. The fraction of sp³-hybridized carbons (Fsp3) is 0.438. The molecule has 1 fully saturated rings. The Bertz CT molecular complexity index is 542. The van der Waals surface area contributed by atoms with E-state index in [1.54, 1.807) is 19.3 Å². The highest BCUT2D eigenvalue weighted by molar-refractivity contribution is 5.75. The van der Waals surface area contributed by atoms with Crippen LogP contribution in [0.15, 0.2) is 28.9 Å². The Labute approximate surface area is 113 Å². The van der Waals surface area contributed by atoms with Crippen LogP contribution in [-0.2, 0) is 16.1 Å². The summed E-state index contributed by atoms with van der Waals surface area (Å²) >= 11 is 0. The van der Waals surface area contributed by atoms with E-state index in [1.807, 2.05) is 6.92 Å². The Kier molecular flexibility index (Phi) is 4.11. The van der Waals surface area contributed by atoms with Gasteiger partial charge < -0.3 is 9.15 Å². The van der Waals surface area contributed by atoms with E-state index in [0.717, 1.165) is 24.0 Å². The standard InChI is InChI=1S/C16H18O3/c1-4-5-15-12(6-7-18-15)10-19-16(17)14-9-13(14)8-11(2)3/h6-7,13-14H,2,8-10H2,1,3H3. The van der Waals surface area contributed by atoms with Crippen LogP contribution in [0, 0.1) is 23.7 Å². The van der Waals surface area contributed by atoms with Crippen molar-refractivity contribution in [3.05, 3.63) is 35.8 Å². The summed E-state index contributed by atoms with van der Waals surface area (Å²) in [7, 11) is 0. The molecule has 100 valence electrons. The van der Waals surface area contributed by atoms with Gasteiger partial charge in [0, 0.05) is 5.56 Å². The predicted octanol–water partition coefficient (Wildman–Crippen LogP) is 3.30. The van der Waals surface area contributed by atoms with Gasteiger partial charge in [0.05, 0.1) is 12.2 Å². The van der Waals surface area contributed by atoms with E-state index in [1.165, 1.54) is 0 Å². The molecule has 0 radical (unpaired) electrons. The largest absolute Gasteiger partial charge is 0.460 e. The summed E-state index contributed by atoms with van der Waals surface area (Å²) in [5.41, 5.74) is 1.94. The zero-order valence-corrected chi connectivity index (χ0v) is 11.4. The van der Waals surface area contributed by atoms with Gasteiger partial charge in [0.25, 0.3) is 0 Å². The zero-order valence-electron chi connectivity index (χ0n) is 11.4. The highest BCUT2D eigenvalue weighted by Crippen LogP contribution is 2.43. The summed E-state index contributed by atoms with van der Waals surface area (Å²) < 4.78 is 10.5. The number of esters is 1. The summed E-state index contributed by atoms with van der Waals surface area (Å²) in [4.78, 5) is 11.8. The molecule has 0 saturated heterocycles. The van der Waals surface area contributed by atoms with Crippen molar-refractivity contribution in [2.24, 2.45) is 11.8 Å². The maximum atomic E-state index is 11.8. The van der Waals surface area contributed by atoms with Crippen molar-refractivity contribution in [1.29, 1.82) is 0 Å². The minimum Gasteiger partial charge on any atom is -0.460 e. The third kappa shape index (κ3) is 3.51. The van der Waals surface area contributed by atoms with Crippen LogP contribution in [0.5, 0.6) is 0 Å². The predicted molar refractivity (Wildman–Crippen MR) is 72.1 cm³/mol. The molecule has 0 spiro atoms. The average molecular weight is 258 g/mol. The summed E-state index contributed by atoms with van der Waals surface area (Å²) in [5, 5.41) is 0. The number of carbonyl (C=O) groups excluding carboxylic acids is 1. The topological polar surface area (TPSA) is 39.4 Å². The minimum absolute atomic E-state index is 0.0457. The Hall–Kier alpha value is -1.95. The molecule has 19 heavy (non-hydrogen) atoms. The van der Waals surface area contributed by atoms with Crippen LogP contribution in [0.3, 0.4) is 0 Å². The van der Waals surface area contributed by atoms with Gasteiger partial charge in [-0.25, -0.2) is 0 Å². The first-order valence-corrected chi connectivity index (χ1v) is 6.42.